The molecule has 4 aromatic rings. The average Bonchev–Trinajstić information content (AvgIpc) is 3.02. The van der Waals surface area contributed by atoms with Crippen LogP contribution in [0, 0.1) is 0 Å². The molecule has 0 bridgehead atoms. The van der Waals surface area contributed by atoms with E-state index in [1.165, 1.54) is 0 Å². The van der Waals surface area contributed by atoms with Gasteiger partial charge in [-0.05, 0) is 36.4 Å². The van der Waals surface area contributed by atoms with Crippen LogP contribution >= 0.6 is 0 Å². The highest BCUT2D eigenvalue weighted by atomic mass is 16.5. The zero-order valence-corrected chi connectivity index (χ0v) is 14.4. The summed E-state index contributed by atoms with van der Waals surface area (Å²) in [6.07, 6.45) is 1.57. The highest BCUT2D eigenvalue weighted by Crippen LogP contribution is 2.34. The van der Waals surface area contributed by atoms with Crippen molar-refractivity contribution in [1.82, 2.24) is 15.0 Å². The summed E-state index contributed by atoms with van der Waals surface area (Å²) >= 11 is 0. The molecule has 0 radical (unpaired) electrons. The first-order valence-electron chi connectivity index (χ1n) is 8.01. The molecule has 0 amide bonds. The van der Waals surface area contributed by atoms with Crippen molar-refractivity contribution in [3.63, 3.8) is 0 Å². The van der Waals surface area contributed by atoms with Crippen LogP contribution in [-0.2, 0) is 0 Å². The first kappa shape index (κ1) is 15.3. The fourth-order valence-electron chi connectivity index (χ4n) is 2.95. The van der Waals surface area contributed by atoms with Crippen LogP contribution in [0.15, 0.2) is 48.8 Å². The van der Waals surface area contributed by atoms with E-state index in [0.29, 0.717) is 0 Å². The molecule has 0 spiro atoms. The van der Waals surface area contributed by atoms with Gasteiger partial charge in [0.1, 0.15) is 23.1 Å². The van der Waals surface area contributed by atoms with Crippen LogP contribution in [0.2, 0.25) is 0 Å². The zero-order chi connectivity index (χ0) is 17.4. The van der Waals surface area contributed by atoms with Gasteiger partial charge in [-0.15, -0.1) is 0 Å². The van der Waals surface area contributed by atoms with E-state index in [2.05, 4.69) is 37.3 Å². The Hall–Kier alpha value is -3.28. The second-order valence-electron chi connectivity index (χ2n) is 6.02. The molecule has 0 unspecified atom stereocenters. The summed E-state index contributed by atoms with van der Waals surface area (Å²) in [6, 6.07) is 14.1. The summed E-state index contributed by atoms with van der Waals surface area (Å²) in [5, 5.41) is 4.34. The van der Waals surface area contributed by atoms with Crippen molar-refractivity contribution in [3.05, 3.63) is 48.8 Å². The molecular weight excluding hydrogens is 314 g/mol. The maximum Gasteiger partial charge on any atom is 0.158 e. The van der Waals surface area contributed by atoms with Crippen LogP contribution in [0.5, 0.6) is 5.75 Å². The minimum Gasteiger partial charge on any atom is -0.496 e. The largest absolute Gasteiger partial charge is 0.496 e. The topological polar surface area (TPSA) is 66.1 Å². The van der Waals surface area contributed by atoms with Gasteiger partial charge in [-0.2, -0.15) is 0 Å². The number of nitrogens with zero attached hydrogens (tertiary/aromatic N) is 3. The Balaban J connectivity index is 1.80. The summed E-state index contributed by atoms with van der Waals surface area (Å²) in [6.45, 7) is 0. The van der Waals surface area contributed by atoms with E-state index in [4.69, 9.17) is 4.74 Å². The van der Waals surface area contributed by atoms with E-state index in [1.54, 1.807) is 13.4 Å². The van der Waals surface area contributed by atoms with E-state index in [9.17, 15) is 0 Å². The number of aromatic nitrogens is 3. The summed E-state index contributed by atoms with van der Waals surface area (Å²) in [5.74, 6) is 1.53. The molecule has 2 N–H and O–H groups in total. The van der Waals surface area contributed by atoms with E-state index in [0.717, 1.165) is 44.9 Å². The maximum absolute atomic E-state index is 5.48. The highest BCUT2D eigenvalue weighted by Gasteiger charge is 2.14. The number of hydrogen-bond donors (Lipinski definition) is 2. The summed E-state index contributed by atoms with van der Waals surface area (Å²) in [4.78, 5) is 14.3. The molecule has 2 aromatic carbocycles. The first-order valence-corrected chi connectivity index (χ1v) is 8.01. The number of ether oxygens (including phenoxy) is 1. The molecule has 0 aliphatic heterocycles. The van der Waals surface area contributed by atoms with Crippen LogP contribution in [0.1, 0.15) is 0 Å². The standard InChI is InChI=1S/C19H19N5O/c1-24(2)13-9-7-12(8-10-13)22-19-18-17(20-11-21-19)16-14(23-18)5-4-6-15(16)25-3/h4-11,23H,1-3H3,(H,20,21,22). The van der Waals surface area contributed by atoms with Crippen molar-refractivity contribution in [2.24, 2.45) is 0 Å². The zero-order valence-electron chi connectivity index (χ0n) is 14.4. The van der Waals surface area contributed by atoms with Crippen LogP contribution in [-0.4, -0.2) is 36.2 Å². The number of anilines is 3. The number of aromatic amines is 1. The fourth-order valence-corrected chi connectivity index (χ4v) is 2.95. The molecule has 0 saturated heterocycles. The molecule has 4 rings (SSSR count). The minimum atomic E-state index is 0.737. The summed E-state index contributed by atoms with van der Waals surface area (Å²) in [5.41, 5.74) is 4.79. The van der Waals surface area contributed by atoms with Gasteiger partial charge >= 0.3 is 0 Å². The van der Waals surface area contributed by atoms with Gasteiger partial charge in [-0.1, -0.05) is 6.07 Å². The summed E-state index contributed by atoms with van der Waals surface area (Å²) in [7, 11) is 5.71. The van der Waals surface area contributed by atoms with E-state index in [1.807, 2.05) is 44.4 Å². The molecule has 6 heteroatoms. The van der Waals surface area contributed by atoms with Crippen molar-refractivity contribution in [2.45, 2.75) is 0 Å². The Kier molecular flexibility index (Phi) is 3.65. The Morgan fingerprint density at radius 2 is 1.84 bits per heavy atom. The third-order valence-electron chi connectivity index (χ3n) is 4.24. The molecule has 0 aliphatic rings. The van der Waals surface area contributed by atoms with Gasteiger partial charge in [0, 0.05) is 25.5 Å². The Morgan fingerprint density at radius 1 is 1.04 bits per heavy atom. The van der Waals surface area contributed by atoms with Crippen molar-refractivity contribution in [1.29, 1.82) is 0 Å². The summed E-state index contributed by atoms with van der Waals surface area (Å²) < 4.78 is 5.48. The smallest absolute Gasteiger partial charge is 0.158 e. The van der Waals surface area contributed by atoms with Crippen LogP contribution in [0.3, 0.4) is 0 Å². The van der Waals surface area contributed by atoms with Gasteiger partial charge in [0.2, 0.25) is 0 Å². The van der Waals surface area contributed by atoms with E-state index >= 15 is 0 Å². The van der Waals surface area contributed by atoms with E-state index in [-0.39, 0.29) is 0 Å². The van der Waals surface area contributed by atoms with Gasteiger partial charge in [0.25, 0.3) is 0 Å². The number of methoxy groups -OCH3 is 1. The number of hydrogen-bond acceptors (Lipinski definition) is 5. The van der Waals surface area contributed by atoms with Crippen molar-refractivity contribution < 1.29 is 4.74 Å². The highest BCUT2D eigenvalue weighted by molar-refractivity contribution is 6.11. The SMILES string of the molecule is COc1cccc2[nH]c3c(Nc4ccc(N(C)C)cc4)ncnc3c12. The van der Waals surface area contributed by atoms with Crippen molar-refractivity contribution >= 4 is 39.1 Å². The molecule has 126 valence electrons. The van der Waals surface area contributed by atoms with Gasteiger partial charge in [0.05, 0.1) is 18.0 Å². The number of benzene rings is 2. The second-order valence-corrected chi connectivity index (χ2v) is 6.02. The molecule has 2 heterocycles. The van der Waals surface area contributed by atoms with Gasteiger partial charge in [-0.3, -0.25) is 0 Å². The number of fused-ring (bicyclic) bond motifs is 3. The normalized spacial score (nSPS) is 11.0. The molecule has 0 aliphatic carbocycles. The lowest BCUT2D eigenvalue weighted by Gasteiger charge is -2.13. The third-order valence-corrected chi connectivity index (χ3v) is 4.24. The molecule has 0 atom stereocenters. The Labute approximate surface area is 145 Å². The predicted octanol–water partition coefficient (Wildman–Crippen LogP) is 3.93. The third kappa shape index (κ3) is 2.61. The number of rotatable bonds is 4. The van der Waals surface area contributed by atoms with Crippen LogP contribution in [0.4, 0.5) is 17.2 Å². The Morgan fingerprint density at radius 3 is 2.56 bits per heavy atom. The molecule has 2 aromatic heterocycles. The fraction of sp³-hybridized carbons (Fsp3) is 0.158. The minimum absolute atomic E-state index is 0.737. The van der Waals surface area contributed by atoms with Crippen LogP contribution in [0.25, 0.3) is 21.9 Å². The average molecular weight is 333 g/mol. The molecule has 0 saturated carbocycles. The van der Waals surface area contributed by atoms with Crippen molar-refractivity contribution in [2.75, 3.05) is 31.4 Å². The predicted molar refractivity (Wildman–Crippen MR) is 102 cm³/mol. The maximum atomic E-state index is 5.48. The molecule has 25 heavy (non-hydrogen) atoms. The first-order chi connectivity index (χ1) is 12.2. The van der Waals surface area contributed by atoms with Crippen molar-refractivity contribution in [3.8, 4) is 5.75 Å². The lowest BCUT2D eigenvalue weighted by atomic mass is 10.2. The molecule has 6 nitrogen and oxygen atoms in total. The quantitative estimate of drug-likeness (QED) is 0.592. The van der Waals surface area contributed by atoms with Gasteiger partial charge in [-0.25, -0.2) is 9.97 Å². The lowest BCUT2D eigenvalue weighted by molar-refractivity contribution is 0.420. The number of nitrogens with one attached hydrogen (secondary N) is 2. The monoisotopic (exact) mass is 333 g/mol. The second kappa shape index (κ2) is 5.98. The van der Waals surface area contributed by atoms with Gasteiger partial charge < -0.3 is 19.9 Å². The molecule has 0 fully saturated rings. The lowest BCUT2D eigenvalue weighted by Crippen LogP contribution is -2.08. The van der Waals surface area contributed by atoms with Gasteiger partial charge in [0.15, 0.2) is 5.82 Å². The van der Waals surface area contributed by atoms with E-state index < -0.39 is 0 Å². The Bertz CT molecular complexity index is 1040. The number of H-pyrrole nitrogens is 1. The molecular formula is C19H19N5O. The van der Waals surface area contributed by atoms with Crippen LogP contribution < -0.4 is 15.0 Å².